The van der Waals surface area contributed by atoms with Crippen molar-refractivity contribution in [2.45, 2.75) is 32.7 Å². The third-order valence-electron chi connectivity index (χ3n) is 3.07. The summed E-state index contributed by atoms with van der Waals surface area (Å²) < 4.78 is 5.52. The molecule has 18 heavy (non-hydrogen) atoms. The molecule has 2 aromatic rings. The molecule has 3 nitrogen and oxygen atoms in total. The Bertz CT molecular complexity index is 464. The SMILES string of the molecule is CCNC(Cc1ccccn1)c1ccoc1CC. The molecule has 3 heteroatoms. The second kappa shape index (κ2) is 6.36. The molecule has 0 spiro atoms. The fourth-order valence-electron chi connectivity index (χ4n) is 2.21. The predicted molar refractivity (Wildman–Crippen MR) is 72.4 cm³/mol. The number of aromatic nitrogens is 1. The Kier molecular flexibility index (Phi) is 4.53. The molecule has 0 aromatic carbocycles. The van der Waals surface area contributed by atoms with Crippen molar-refractivity contribution in [1.82, 2.24) is 10.3 Å². The minimum atomic E-state index is 0.276. The van der Waals surface area contributed by atoms with Crippen LogP contribution in [0.1, 0.15) is 36.9 Å². The van der Waals surface area contributed by atoms with Crippen LogP contribution in [0.15, 0.2) is 41.1 Å². The molecule has 0 aliphatic heterocycles. The Balaban J connectivity index is 2.18. The Hall–Kier alpha value is -1.61. The molecule has 0 aliphatic rings. The van der Waals surface area contributed by atoms with Crippen LogP contribution < -0.4 is 5.32 Å². The lowest BCUT2D eigenvalue weighted by Crippen LogP contribution is -2.23. The third-order valence-corrected chi connectivity index (χ3v) is 3.07. The van der Waals surface area contributed by atoms with E-state index in [0.29, 0.717) is 0 Å². The van der Waals surface area contributed by atoms with E-state index in [0.717, 1.165) is 30.8 Å². The van der Waals surface area contributed by atoms with Crippen molar-refractivity contribution in [3.05, 3.63) is 53.7 Å². The van der Waals surface area contributed by atoms with Crippen LogP contribution >= 0.6 is 0 Å². The summed E-state index contributed by atoms with van der Waals surface area (Å²) in [5.74, 6) is 1.07. The van der Waals surface area contributed by atoms with Gasteiger partial charge < -0.3 is 9.73 Å². The van der Waals surface area contributed by atoms with E-state index in [2.05, 4.69) is 36.3 Å². The van der Waals surface area contributed by atoms with Crippen LogP contribution in [-0.4, -0.2) is 11.5 Å². The fourth-order valence-corrected chi connectivity index (χ4v) is 2.21. The number of aryl methyl sites for hydroxylation is 1. The lowest BCUT2D eigenvalue weighted by Gasteiger charge is -2.17. The quantitative estimate of drug-likeness (QED) is 0.848. The van der Waals surface area contributed by atoms with E-state index in [-0.39, 0.29) is 6.04 Å². The van der Waals surface area contributed by atoms with Crippen molar-refractivity contribution in [3.63, 3.8) is 0 Å². The molecule has 0 saturated carbocycles. The van der Waals surface area contributed by atoms with Gasteiger partial charge in [-0.15, -0.1) is 0 Å². The number of pyridine rings is 1. The molecule has 0 saturated heterocycles. The first-order valence-electron chi connectivity index (χ1n) is 6.54. The normalized spacial score (nSPS) is 12.6. The van der Waals surface area contributed by atoms with Gasteiger partial charge in [0, 0.05) is 36.3 Å². The van der Waals surface area contributed by atoms with Gasteiger partial charge in [-0.25, -0.2) is 0 Å². The van der Waals surface area contributed by atoms with E-state index in [4.69, 9.17) is 4.42 Å². The number of nitrogens with one attached hydrogen (secondary N) is 1. The summed E-state index contributed by atoms with van der Waals surface area (Å²) in [5, 5.41) is 3.51. The molecule has 2 heterocycles. The standard InChI is InChI=1S/C15H20N2O/c1-3-15-13(8-10-18-15)14(16-4-2)11-12-7-5-6-9-17-12/h5-10,14,16H,3-4,11H2,1-2H3. The van der Waals surface area contributed by atoms with Gasteiger partial charge in [0.25, 0.3) is 0 Å². The van der Waals surface area contributed by atoms with E-state index in [9.17, 15) is 0 Å². The number of rotatable bonds is 6. The highest BCUT2D eigenvalue weighted by Crippen LogP contribution is 2.23. The second-order valence-corrected chi connectivity index (χ2v) is 4.29. The van der Waals surface area contributed by atoms with Gasteiger partial charge >= 0.3 is 0 Å². The topological polar surface area (TPSA) is 38.1 Å². The maximum absolute atomic E-state index is 5.52. The summed E-state index contributed by atoms with van der Waals surface area (Å²) in [5.41, 5.74) is 2.36. The Morgan fingerprint density at radius 2 is 2.17 bits per heavy atom. The molecule has 1 atom stereocenters. The average molecular weight is 244 g/mol. The van der Waals surface area contributed by atoms with Crippen molar-refractivity contribution in [3.8, 4) is 0 Å². The molecule has 0 radical (unpaired) electrons. The smallest absolute Gasteiger partial charge is 0.108 e. The van der Waals surface area contributed by atoms with Crippen LogP contribution in [-0.2, 0) is 12.8 Å². The van der Waals surface area contributed by atoms with Gasteiger partial charge in [0.1, 0.15) is 5.76 Å². The Morgan fingerprint density at radius 3 is 2.83 bits per heavy atom. The van der Waals surface area contributed by atoms with Crippen LogP contribution in [0.25, 0.3) is 0 Å². The minimum absolute atomic E-state index is 0.276. The molecule has 96 valence electrons. The van der Waals surface area contributed by atoms with E-state index < -0.39 is 0 Å². The summed E-state index contributed by atoms with van der Waals surface area (Å²) >= 11 is 0. The highest BCUT2D eigenvalue weighted by Gasteiger charge is 2.17. The van der Waals surface area contributed by atoms with Gasteiger partial charge in [-0.2, -0.15) is 0 Å². The molecule has 1 N–H and O–H groups in total. The van der Waals surface area contributed by atoms with Gasteiger partial charge in [-0.05, 0) is 24.7 Å². The first kappa shape index (κ1) is 12.8. The zero-order valence-corrected chi connectivity index (χ0v) is 11.0. The van der Waals surface area contributed by atoms with Crippen molar-refractivity contribution in [2.24, 2.45) is 0 Å². The average Bonchev–Trinajstić information content (AvgIpc) is 2.87. The maximum atomic E-state index is 5.52. The molecule has 0 bridgehead atoms. The molecule has 2 aromatic heterocycles. The minimum Gasteiger partial charge on any atom is -0.469 e. The molecular formula is C15H20N2O. The highest BCUT2D eigenvalue weighted by atomic mass is 16.3. The van der Waals surface area contributed by atoms with Crippen LogP contribution in [0.5, 0.6) is 0 Å². The highest BCUT2D eigenvalue weighted by molar-refractivity contribution is 5.23. The summed E-state index contributed by atoms with van der Waals surface area (Å²) in [6.45, 7) is 5.18. The van der Waals surface area contributed by atoms with E-state index in [1.165, 1.54) is 5.56 Å². The molecule has 0 fully saturated rings. The Labute approximate surface area is 108 Å². The van der Waals surface area contributed by atoms with Crippen LogP contribution in [0.3, 0.4) is 0 Å². The number of nitrogens with zero attached hydrogens (tertiary/aromatic N) is 1. The number of hydrogen-bond acceptors (Lipinski definition) is 3. The molecule has 1 unspecified atom stereocenters. The van der Waals surface area contributed by atoms with E-state index in [1.807, 2.05) is 18.3 Å². The summed E-state index contributed by atoms with van der Waals surface area (Å²) in [6.07, 6.45) is 5.43. The van der Waals surface area contributed by atoms with Gasteiger partial charge in [0.2, 0.25) is 0 Å². The Morgan fingerprint density at radius 1 is 1.28 bits per heavy atom. The number of likely N-dealkylation sites (N-methyl/N-ethyl adjacent to an activating group) is 1. The van der Waals surface area contributed by atoms with Crippen molar-refractivity contribution < 1.29 is 4.42 Å². The maximum Gasteiger partial charge on any atom is 0.108 e. The van der Waals surface area contributed by atoms with Gasteiger partial charge in [-0.3, -0.25) is 4.98 Å². The van der Waals surface area contributed by atoms with Crippen molar-refractivity contribution in [2.75, 3.05) is 6.54 Å². The molecular weight excluding hydrogens is 224 g/mol. The van der Waals surface area contributed by atoms with Gasteiger partial charge in [0.05, 0.1) is 6.26 Å². The summed E-state index contributed by atoms with van der Waals surface area (Å²) in [7, 11) is 0. The van der Waals surface area contributed by atoms with Gasteiger partial charge in [-0.1, -0.05) is 19.9 Å². The number of hydrogen-bond donors (Lipinski definition) is 1. The van der Waals surface area contributed by atoms with Gasteiger partial charge in [0.15, 0.2) is 0 Å². The summed E-state index contributed by atoms with van der Waals surface area (Å²) in [4.78, 5) is 4.40. The predicted octanol–water partition coefficient (Wildman–Crippen LogP) is 3.13. The molecule has 0 aliphatic carbocycles. The zero-order valence-electron chi connectivity index (χ0n) is 11.0. The largest absolute Gasteiger partial charge is 0.469 e. The molecule has 0 amide bonds. The monoisotopic (exact) mass is 244 g/mol. The third kappa shape index (κ3) is 2.99. The van der Waals surface area contributed by atoms with Crippen molar-refractivity contribution >= 4 is 0 Å². The van der Waals surface area contributed by atoms with Crippen molar-refractivity contribution in [1.29, 1.82) is 0 Å². The van der Waals surface area contributed by atoms with Crippen LogP contribution in [0.2, 0.25) is 0 Å². The van der Waals surface area contributed by atoms with E-state index in [1.54, 1.807) is 6.26 Å². The molecule has 2 rings (SSSR count). The van der Waals surface area contributed by atoms with Crippen LogP contribution in [0.4, 0.5) is 0 Å². The summed E-state index contributed by atoms with van der Waals surface area (Å²) in [6, 6.07) is 8.38. The fraction of sp³-hybridized carbons (Fsp3) is 0.400. The first-order valence-corrected chi connectivity index (χ1v) is 6.54. The lowest BCUT2D eigenvalue weighted by atomic mass is 10.0. The van der Waals surface area contributed by atoms with Crippen LogP contribution in [0, 0.1) is 0 Å². The van der Waals surface area contributed by atoms with E-state index >= 15 is 0 Å². The second-order valence-electron chi connectivity index (χ2n) is 4.29. The zero-order chi connectivity index (χ0) is 12.8. The first-order chi connectivity index (χ1) is 8.85. The lowest BCUT2D eigenvalue weighted by molar-refractivity contribution is 0.486. The number of furan rings is 1.